The Morgan fingerprint density at radius 3 is 2.94 bits per heavy atom. The molecule has 2 rings (SSSR count). The van der Waals surface area contributed by atoms with E-state index in [0.29, 0.717) is 0 Å². The van der Waals surface area contributed by atoms with E-state index in [2.05, 4.69) is 12.4 Å². The molecule has 17 heavy (non-hydrogen) atoms. The highest BCUT2D eigenvalue weighted by Gasteiger charge is 2.31. The van der Waals surface area contributed by atoms with Crippen LogP contribution in [0.25, 0.3) is 0 Å². The van der Waals surface area contributed by atoms with Crippen LogP contribution in [-0.4, -0.2) is 19.8 Å². The van der Waals surface area contributed by atoms with Crippen LogP contribution in [0.2, 0.25) is 0 Å². The summed E-state index contributed by atoms with van der Waals surface area (Å²) >= 11 is 0. The molecule has 1 aromatic rings. The van der Waals surface area contributed by atoms with Crippen LogP contribution in [0.15, 0.2) is 18.2 Å². The summed E-state index contributed by atoms with van der Waals surface area (Å²) in [6.45, 7) is 4.84. The summed E-state index contributed by atoms with van der Waals surface area (Å²) in [6.07, 6.45) is 1.07. The van der Waals surface area contributed by atoms with E-state index in [4.69, 9.17) is 14.3 Å². The summed E-state index contributed by atoms with van der Waals surface area (Å²) in [5.74, 6) is 1.78. The van der Waals surface area contributed by atoms with Crippen molar-refractivity contribution in [3.05, 3.63) is 23.8 Å². The number of nitrogens with one attached hydrogen (secondary N) is 1. The van der Waals surface area contributed by atoms with Gasteiger partial charge in [-0.2, -0.15) is 5.48 Å². The molecule has 0 aliphatic carbocycles. The minimum atomic E-state index is 0.0557. The second kappa shape index (κ2) is 5.38. The summed E-state index contributed by atoms with van der Waals surface area (Å²) < 4.78 is 11.4. The Kier molecular flexibility index (Phi) is 3.86. The summed E-state index contributed by atoms with van der Waals surface area (Å²) in [4.78, 5) is 5.00. The lowest BCUT2D eigenvalue weighted by molar-refractivity contribution is 0.0339. The first kappa shape index (κ1) is 12.2. The van der Waals surface area contributed by atoms with Gasteiger partial charge in [-0.3, -0.25) is 0 Å². The van der Waals surface area contributed by atoms with Gasteiger partial charge in [0.05, 0.1) is 19.8 Å². The van der Waals surface area contributed by atoms with Crippen molar-refractivity contribution in [3.63, 3.8) is 0 Å². The number of benzene rings is 1. The Labute approximate surface area is 102 Å². The van der Waals surface area contributed by atoms with E-state index in [1.807, 2.05) is 25.1 Å². The van der Waals surface area contributed by atoms with Crippen LogP contribution in [0.1, 0.15) is 31.9 Å². The van der Waals surface area contributed by atoms with Crippen molar-refractivity contribution in [1.29, 1.82) is 0 Å². The van der Waals surface area contributed by atoms with Crippen molar-refractivity contribution in [2.24, 2.45) is 0 Å². The lowest BCUT2D eigenvalue weighted by Crippen LogP contribution is -2.27. The molecular formula is C13H19NO3. The molecule has 1 heterocycles. The van der Waals surface area contributed by atoms with Gasteiger partial charge in [-0.1, -0.05) is 6.92 Å². The number of rotatable bonds is 5. The maximum atomic E-state index is 5.73. The topological polar surface area (TPSA) is 39.7 Å². The Bertz CT molecular complexity index is 381. The van der Waals surface area contributed by atoms with Gasteiger partial charge in [0.2, 0.25) is 0 Å². The number of fused-ring (bicyclic) bond motifs is 1. The van der Waals surface area contributed by atoms with Gasteiger partial charge < -0.3 is 14.3 Å². The standard InChI is InChI=1S/C13H19NO3/c1-4-7-16-10-5-6-12-11(8-10)13(14-15-3)9(2)17-12/h5-6,8-9,13-14H,4,7H2,1-3H3. The van der Waals surface area contributed by atoms with Crippen molar-refractivity contribution >= 4 is 0 Å². The molecule has 0 saturated heterocycles. The van der Waals surface area contributed by atoms with Gasteiger partial charge in [-0.25, -0.2) is 0 Å². The summed E-state index contributed by atoms with van der Waals surface area (Å²) in [5, 5.41) is 0. The van der Waals surface area contributed by atoms with Crippen LogP contribution < -0.4 is 15.0 Å². The fourth-order valence-corrected chi connectivity index (χ4v) is 1.99. The Balaban J connectivity index is 2.19. The minimum absolute atomic E-state index is 0.0557. The zero-order valence-electron chi connectivity index (χ0n) is 10.5. The first-order valence-corrected chi connectivity index (χ1v) is 5.98. The van der Waals surface area contributed by atoms with E-state index in [-0.39, 0.29) is 12.1 Å². The molecular weight excluding hydrogens is 218 g/mol. The fourth-order valence-electron chi connectivity index (χ4n) is 1.99. The molecule has 1 aromatic carbocycles. The lowest BCUT2D eigenvalue weighted by atomic mass is 10.1. The molecule has 0 bridgehead atoms. The Hall–Kier alpha value is -1.26. The molecule has 2 atom stereocenters. The SMILES string of the molecule is CCCOc1ccc2c(c1)C(NOC)C(C)O2. The van der Waals surface area contributed by atoms with E-state index in [1.165, 1.54) is 0 Å². The molecule has 4 heteroatoms. The highest BCUT2D eigenvalue weighted by Crippen LogP contribution is 2.38. The van der Waals surface area contributed by atoms with Crippen molar-refractivity contribution < 1.29 is 14.3 Å². The molecule has 0 spiro atoms. The maximum Gasteiger partial charge on any atom is 0.125 e. The highest BCUT2D eigenvalue weighted by molar-refractivity contribution is 5.45. The molecule has 4 nitrogen and oxygen atoms in total. The van der Waals surface area contributed by atoms with Gasteiger partial charge in [0.1, 0.15) is 17.6 Å². The minimum Gasteiger partial charge on any atom is -0.494 e. The zero-order chi connectivity index (χ0) is 12.3. The van der Waals surface area contributed by atoms with Gasteiger partial charge in [0.25, 0.3) is 0 Å². The van der Waals surface area contributed by atoms with E-state index < -0.39 is 0 Å². The molecule has 1 aliphatic heterocycles. The molecule has 0 saturated carbocycles. The van der Waals surface area contributed by atoms with Crippen LogP contribution in [0, 0.1) is 0 Å². The second-order valence-electron chi connectivity index (χ2n) is 4.17. The van der Waals surface area contributed by atoms with Crippen LogP contribution >= 0.6 is 0 Å². The van der Waals surface area contributed by atoms with Crippen molar-refractivity contribution in [1.82, 2.24) is 5.48 Å². The number of ether oxygens (including phenoxy) is 2. The van der Waals surface area contributed by atoms with E-state index in [1.54, 1.807) is 7.11 Å². The van der Waals surface area contributed by atoms with E-state index in [0.717, 1.165) is 30.1 Å². The number of hydrogen-bond acceptors (Lipinski definition) is 4. The monoisotopic (exact) mass is 237 g/mol. The third kappa shape index (κ3) is 2.53. The summed E-state index contributed by atoms with van der Waals surface area (Å²) in [5.41, 5.74) is 4.04. The molecule has 94 valence electrons. The predicted octanol–water partition coefficient (Wildman–Crippen LogP) is 2.45. The normalized spacial score (nSPS) is 22.1. The Morgan fingerprint density at radius 2 is 2.24 bits per heavy atom. The smallest absolute Gasteiger partial charge is 0.125 e. The third-order valence-electron chi connectivity index (χ3n) is 2.82. The van der Waals surface area contributed by atoms with Gasteiger partial charge in [-0.05, 0) is 31.5 Å². The molecule has 0 fully saturated rings. The number of hydrogen-bond donors (Lipinski definition) is 1. The third-order valence-corrected chi connectivity index (χ3v) is 2.82. The Morgan fingerprint density at radius 1 is 1.41 bits per heavy atom. The van der Waals surface area contributed by atoms with Gasteiger partial charge in [0.15, 0.2) is 0 Å². The average Bonchev–Trinajstić information content (AvgIpc) is 2.64. The first-order chi connectivity index (χ1) is 8.26. The van der Waals surface area contributed by atoms with Crippen LogP contribution in [-0.2, 0) is 4.84 Å². The maximum absolute atomic E-state index is 5.73. The van der Waals surface area contributed by atoms with Crippen molar-refractivity contribution in [2.75, 3.05) is 13.7 Å². The highest BCUT2D eigenvalue weighted by atomic mass is 16.6. The predicted molar refractivity (Wildman–Crippen MR) is 65.2 cm³/mol. The molecule has 1 aliphatic rings. The summed E-state index contributed by atoms with van der Waals surface area (Å²) in [6, 6.07) is 5.97. The van der Waals surface area contributed by atoms with Crippen LogP contribution in [0.3, 0.4) is 0 Å². The quantitative estimate of drug-likeness (QED) is 0.798. The molecule has 0 amide bonds. The van der Waals surface area contributed by atoms with Crippen molar-refractivity contribution in [3.8, 4) is 11.5 Å². The average molecular weight is 237 g/mol. The fraction of sp³-hybridized carbons (Fsp3) is 0.538. The molecule has 1 N–H and O–H groups in total. The van der Waals surface area contributed by atoms with Crippen molar-refractivity contribution in [2.45, 2.75) is 32.4 Å². The molecule has 0 aromatic heterocycles. The van der Waals surface area contributed by atoms with E-state index >= 15 is 0 Å². The summed E-state index contributed by atoms with van der Waals surface area (Å²) in [7, 11) is 1.61. The van der Waals surface area contributed by atoms with Crippen LogP contribution in [0.5, 0.6) is 11.5 Å². The van der Waals surface area contributed by atoms with Gasteiger partial charge >= 0.3 is 0 Å². The zero-order valence-corrected chi connectivity index (χ0v) is 10.5. The number of hydroxylamine groups is 1. The lowest BCUT2D eigenvalue weighted by Gasteiger charge is -2.14. The van der Waals surface area contributed by atoms with E-state index in [9.17, 15) is 0 Å². The van der Waals surface area contributed by atoms with Crippen LogP contribution in [0.4, 0.5) is 0 Å². The first-order valence-electron chi connectivity index (χ1n) is 5.98. The largest absolute Gasteiger partial charge is 0.494 e. The second-order valence-corrected chi connectivity index (χ2v) is 4.17. The van der Waals surface area contributed by atoms with Gasteiger partial charge in [0, 0.05) is 5.56 Å². The molecule has 0 radical (unpaired) electrons. The van der Waals surface area contributed by atoms with Gasteiger partial charge in [-0.15, -0.1) is 0 Å². The molecule has 2 unspecified atom stereocenters.